The smallest absolute Gasteiger partial charge is 0.197 e. The fourth-order valence-corrected chi connectivity index (χ4v) is 2.11. The summed E-state index contributed by atoms with van der Waals surface area (Å²) in [6, 6.07) is 13.7. The number of nitrogens with zero attached hydrogens (tertiary/aromatic N) is 3. The molecule has 0 atom stereocenters. The van der Waals surface area contributed by atoms with Crippen molar-refractivity contribution in [2.75, 3.05) is 0 Å². The van der Waals surface area contributed by atoms with E-state index in [1.807, 2.05) is 42.5 Å². The Morgan fingerprint density at radius 2 is 1.71 bits per heavy atom. The van der Waals surface area contributed by atoms with Crippen molar-refractivity contribution in [2.24, 2.45) is 0 Å². The third kappa shape index (κ3) is 1.91. The normalized spacial score (nSPS) is 10.6. The average molecular weight is 286 g/mol. The summed E-state index contributed by atoms with van der Waals surface area (Å²) in [6.45, 7) is 0. The fraction of sp³-hybridized carbons (Fsp3) is 0. The second-order valence-electron chi connectivity index (χ2n) is 3.57. The number of benzene rings is 1. The van der Waals surface area contributed by atoms with Crippen LogP contribution in [0.15, 0.2) is 53.4 Å². The molecule has 4 heteroatoms. The van der Waals surface area contributed by atoms with E-state index in [4.69, 9.17) is 0 Å². The van der Waals surface area contributed by atoms with E-state index in [1.54, 1.807) is 6.20 Å². The molecule has 0 amide bonds. The van der Waals surface area contributed by atoms with Crippen LogP contribution in [0.4, 0.5) is 0 Å². The van der Waals surface area contributed by atoms with Gasteiger partial charge in [0.05, 0.1) is 11.2 Å². The van der Waals surface area contributed by atoms with Crippen molar-refractivity contribution in [1.29, 1.82) is 0 Å². The zero-order chi connectivity index (χ0) is 11.7. The van der Waals surface area contributed by atoms with E-state index in [0.29, 0.717) is 4.73 Å². The molecule has 0 fully saturated rings. The summed E-state index contributed by atoms with van der Waals surface area (Å²) >= 11 is 3.33. The van der Waals surface area contributed by atoms with Crippen LogP contribution in [0.5, 0.6) is 0 Å². The van der Waals surface area contributed by atoms with Gasteiger partial charge in [0.2, 0.25) is 0 Å². The first-order valence-corrected chi connectivity index (χ1v) is 5.97. The Labute approximate surface area is 107 Å². The van der Waals surface area contributed by atoms with Gasteiger partial charge in [-0.05, 0) is 34.1 Å². The van der Waals surface area contributed by atoms with E-state index < -0.39 is 0 Å². The Bertz CT molecular complexity index is 668. The predicted molar refractivity (Wildman–Crippen MR) is 70.5 cm³/mol. The lowest BCUT2D eigenvalue weighted by Gasteiger charge is -2.05. The molecule has 0 saturated heterocycles. The van der Waals surface area contributed by atoms with Gasteiger partial charge in [0.15, 0.2) is 4.73 Å². The van der Waals surface area contributed by atoms with Crippen LogP contribution in [0, 0.1) is 0 Å². The summed E-state index contributed by atoms with van der Waals surface area (Å²) in [7, 11) is 0. The number of hydrogen-bond acceptors (Lipinski definition) is 3. The predicted octanol–water partition coefficient (Wildman–Crippen LogP) is 3.45. The third-order valence-corrected chi connectivity index (χ3v) is 2.84. The Kier molecular flexibility index (Phi) is 2.57. The highest BCUT2D eigenvalue weighted by atomic mass is 79.9. The molecule has 0 saturated carbocycles. The average Bonchev–Trinajstić information content (AvgIpc) is 2.39. The zero-order valence-corrected chi connectivity index (χ0v) is 10.4. The van der Waals surface area contributed by atoms with Crippen LogP contribution in [0.3, 0.4) is 0 Å². The molecule has 3 rings (SSSR count). The Morgan fingerprint density at radius 1 is 0.882 bits per heavy atom. The van der Waals surface area contributed by atoms with Gasteiger partial charge in [-0.2, -0.15) is 0 Å². The Morgan fingerprint density at radius 3 is 2.53 bits per heavy atom. The second-order valence-corrected chi connectivity index (χ2v) is 4.28. The molecular weight excluding hydrogens is 278 g/mol. The van der Waals surface area contributed by atoms with Gasteiger partial charge in [-0.25, -0.2) is 9.97 Å². The molecule has 82 valence electrons. The van der Waals surface area contributed by atoms with Crippen molar-refractivity contribution < 1.29 is 0 Å². The number of aromatic nitrogens is 3. The van der Waals surface area contributed by atoms with E-state index in [9.17, 15) is 0 Å². The molecule has 2 aromatic heterocycles. The quantitative estimate of drug-likeness (QED) is 0.643. The number of pyridine rings is 1. The highest BCUT2D eigenvalue weighted by Gasteiger charge is 2.08. The lowest BCUT2D eigenvalue weighted by molar-refractivity contribution is 1.15. The summed E-state index contributed by atoms with van der Waals surface area (Å²) in [5, 5.41) is 1.01. The molecule has 3 aromatic rings. The number of para-hydroxylation sites is 1. The van der Waals surface area contributed by atoms with E-state index in [-0.39, 0.29) is 0 Å². The first-order valence-electron chi connectivity index (χ1n) is 5.18. The van der Waals surface area contributed by atoms with Crippen molar-refractivity contribution in [3.05, 3.63) is 53.4 Å². The van der Waals surface area contributed by atoms with Gasteiger partial charge in [-0.1, -0.05) is 24.3 Å². The molecule has 17 heavy (non-hydrogen) atoms. The molecular formula is C13H8BrN3. The molecule has 0 unspecified atom stereocenters. The minimum Gasteiger partial charge on any atom is -0.255 e. The van der Waals surface area contributed by atoms with E-state index in [2.05, 4.69) is 30.9 Å². The standard InChI is InChI=1S/C13H8BrN3/c14-13-16-10-6-2-1-5-9(10)12(17-13)11-7-3-4-8-15-11/h1-8H. The molecule has 1 aromatic carbocycles. The number of rotatable bonds is 1. The Balaban J connectivity index is 2.36. The van der Waals surface area contributed by atoms with E-state index in [1.165, 1.54) is 0 Å². The molecule has 0 bridgehead atoms. The first-order chi connectivity index (χ1) is 8.34. The number of fused-ring (bicyclic) bond motifs is 1. The van der Waals surface area contributed by atoms with Crippen molar-refractivity contribution in [1.82, 2.24) is 15.0 Å². The summed E-state index contributed by atoms with van der Waals surface area (Å²) < 4.78 is 0.580. The third-order valence-electron chi connectivity index (χ3n) is 2.48. The second kappa shape index (κ2) is 4.22. The lowest BCUT2D eigenvalue weighted by atomic mass is 10.1. The largest absolute Gasteiger partial charge is 0.255 e. The van der Waals surface area contributed by atoms with Crippen LogP contribution in [0.1, 0.15) is 0 Å². The summed E-state index contributed by atoms with van der Waals surface area (Å²) in [6.07, 6.45) is 1.76. The maximum atomic E-state index is 4.41. The summed E-state index contributed by atoms with van der Waals surface area (Å²) in [5.74, 6) is 0. The van der Waals surface area contributed by atoms with Crippen LogP contribution >= 0.6 is 15.9 Å². The monoisotopic (exact) mass is 285 g/mol. The molecule has 0 spiro atoms. The number of halogens is 1. The summed E-state index contributed by atoms with van der Waals surface area (Å²) in [4.78, 5) is 13.1. The van der Waals surface area contributed by atoms with Gasteiger partial charge < -0.3 is 0 Å². The Hall–Kier alpha value is -1.81. The first kappa shape index (κ1) is 10.4. The van der Waals surface area contributed by atoms with E-state index in [0.717, 1.165) is 22.3 Å². The van der Waals surface area contributed by atoms with Gasteiger partial charge in [-0.3, -0.25) is 4.98 Å². The van der Waals surface area contributed by atoms with Crippen LogP contribution in [-0.2, 0) is 0 Å². The SMILES string of the molecule is Brc1nc(-c2ccccn2)c2ccccc2n1. The minimum atomic E-state index is 0.580. The topological polar surface area (TPSA) is 38.7 Å². The van der Waals surface area contributed by atoms with Crippen LogP contribution in [0.2, 0.25) is 0 Å². The van der Waals surface area contributed by atoms with Crippen molar-refractivity contribution >= 4 is 26.8 Å². The maximum Gasteiger partial charge on any atom is 0.197 e. The summed E-state index contributed by atoms with van der Waals surface area (Å²) in [5.41, 5.74) is 2.62. The highest BCUT2D eigenvalue weighted by Crippen LogP contribution is 2.25. The van der Waals surface area contributed by atoms with Crippen LogP contribution < -0.4 is 0 Å². The fourth-order valence-electron chi connectivity index (χ4n) is 1.75. The van der Waals surface area contributed by atoms with E-state index >= 15 is 0 Å². The molecule has 2 heterocycles. The number of hydrogen-bond donors (Lipinski definition) is 0. The van der Waals surface area contributed by atoms with Crippen molar-refractivity contribution in [3.63, 3.8) is 0 Å². The van der Waals surface area contributed by atoms with Crippen LogP contribution in [-0.4, -0.2) is 15.0 Å². The molecule has 0 N–H and O–H groups in total. The van der Waals surface area contributed by atoms with Crippen molar-refractivity contribution in [2.45, 2.75) is 0 Å². The molecule has 0 aliphatic rings. The molecule has 3 nitrogen and oxygen atoms in total. The van der Waals surface area contributed by atoms with Gasteiger partial charge in [0.25, 0.3) is 0 Å². The van der Waals surface area contributed by atoms with Gasteiger partial charge in [-0.15, -0.1) is 0 Å². The maximum absolute atomic E-state index is 4.41. The lowest BCUT2D eigenvalue weighted by Crippen LogP contribution is -1.92. The molecule has 0 aliphatic carbocycles. The minimum absolute atomic E-state index is 0.580. The zero-order valence-electron chi connectivity index (χ0n) is 8.84. The van der Waals surface area contributed by atoms with Gasteiger partial charge in [0, 0.05) is 11.6 Å². The van der Waals surface area contributed by atoms with Gasteiger partial charge in [0.1, 0.15) is 5.69 Å². The van der Waals surface area contributed by atoms with Crippen LogP contribution in [0.25, 0.3) is 22.3 Å². The van der Waals surface area contributed by atoms with Gasteiger partial charge >= 0.3 is 0 Å². The molecule has 0 aliphatic heterocycles. The highest BCUT2D eigenvalue weighted by molar-refractivity contribution is 9.10. The van der Waals surface area contributed by atoms with Crippen molar-refractivity contribution in [3.8, 4) is 11.4 Å². The molecule has 0 radical (unpaired) electrons.